The first-order valence-electron chi connectivity index (χ1n) is 7.18. The predicted octanol–water partition coefficient (Wildman–Crippen LogP) is 0.333. The van der Waals surface area contributed by atoms with Crippen LogP contribution in [0.4, 0.5) is 4.79 Å². The molecule has 5 nitrogen and oxygen atoms in total. The Morgan fingerprint density at radius 3 is 2.83 bits per heavy atom. The van der Waals surface area contributed by atoms with Gasteiger partial charge in [-0.25, -0.2) is 4.79 Å². The van der Waals surface area contributed by atoms with Crippen LogP contribution in [0.15, 0.2) is 0 Å². The SMILES string of the molecule is CN1CCCC(CCNC(=O)N2CCNCC2)C1. The lowest BCUT2D eigenvalue weighted by molar-refractivity contribution is 0.183. The number of carbonyl (C=O) groups is 1. The first-order chi connectivity index (χ1) is 8.75. The fraction of sp³-hybridized carbons (Fsp3) is 0.923. The van der Waals surface area contributed by atoms with Crippen molar-refractivity contribution in [3.63, 3.8) is 0 Å². The Hall–Kier alpha value is -0.810. The molecule has 0 spiro atoms. The maximum atomic E-state index is 11.9. The van der Waals surface area contributed by atoms with Crippen LogP contribution in [0.25, 0.3) is 0 Å². The molecule has 0 aromatic carbocycles. The molecule has 2 saturated heterocycles. The normalized spacial score (nSPS) is 26.1. The van der Waals surface area contributed by atoms with Crippen LogP contribution in [0, 0.1) is 5.92 Å². The summed E-state index contributed by atoms with van der Waals surface area (Å²) in [6, 6.07) is 0.112. The smallest absolute Gasteiger partial charge is 0.317 e. The fourth-order valence-corrected chi connectivity index (χ4v) is 2.87. The minimum Gasteiger partial charge on any atom is -0.338 e. The Balaban J connectivity index is 1.60. The van der Waals surface area contributed by atoms with E-state index in [4.69, 9.17) is 0 Å². The van der Waals surface area contributed by atoms with Crippen molar-refractivity contribution in [3.8, 4) is 0 Å². The number of likely N-dealkylation sites (tertiary alicyclic amines) is 1. The number of hydrogen-bond acceptors (Lipinski definition) is 3. The van der Waals surface area contributed by atoms with Gasteiger partial charge in [-0.2, -0.15) is 0 Å². The second-order valence-electron chi connectivity index (χ2n) is 5.53. The highest BCUT2D eigenvalue weighted by Gasteiger charge is 2.18. The van der Waals surface area contributed by atoms with E-state index in [9.17, 15) is 4.79 Å². The molecule has 2 aliphatic rings. The molecule has 2 rings (SSSR count). The van der Waals surface area contributed by atoms with Crippen molar-refractivity contribution in [2.24, 2.45) is 5.92 Å². The van der Waals surface area contributed by atoms with E-state index in [0.717, 1.165) is 45.1 Å². The summed E-state index contributed by atoms with van der Waals surface area (Å²) >= 11 is 0. The number of piperazine rings is 1. The van der Waals surface area contributed by atoms with Crippen LogP contribution in [0.1, 0.15) is 19.3 Å². The zero-order valence-corrected chi connectivity index (χ0v) is 11.5. The van der Waals surface area contributed by atoms with Crippen molar-refractivity contribution < 1.29 is 4.79 Å². The largest absolute Gasteiger partial charge is 0.338 e. The Labute approximate surface area is 110 Å². The average molecular weight is 254 g/mol. The van der Waals surface area contributed by atoms with Crippen LogP contribution in [-0.2, 0) is 0 Å². The number of nitrogens with one attached hydrogen (secondary N) is 2. The highest BCUT2D eigenvalue weighted by Crippen LogP contribution is 2.17. The van der Waals surface area contributed by atoms with Gasteiger partial charge in [-0.05, 0) is 38.8 Å². The Morgan fingerprint density at radius 2 is 2.11 bits per heavy atom. The third-order valence-corrected chi connectivity index (χ3v) is 3.96. The van der Waals surface area contributed by atoms with E-state index in [1.54, 1.807) is 0 Å². The summed E-state index contributed by atoms with van der Waals surface area (Å²) < 4.78 is 0. The molecule has 0 saturated carbocycles. The number of rotatable bonds is 3. The molecule has 1 unspecified atom stereocenters. The van der Waals surface area contributed by atoms with Crippen molar-refractivity contribution in [2.45, 2.75) is 19.3 Å². The summed E-state index contributed by atoms with van der Waals surface area (Å²) in [6.07, 6.45) is 3.73. The molecular weight excluding hydrogens is 228 g/mol. The van der Waals surface area contributed by atoms with Crippen LogP contribution < -0.4 is 10.6 Å². The van der Waals surface area contributed by atoms with E-state index >= 15 is 0 Å². The molecule has 0 aromatic heterocycles. The van der Waals surface area contributed by atoms with Crippen LogP contribution in [0.5, 0.6) is 0 Å². The van der Waals surface area contributed by atoms with Gasteiger partial charge in [-0.15, -0.1) is 0 Å². The van der Waals surface area contributed by atoms with Crippen LogP contribution >= 0.6 is 0 Å². The number of hydrogen-bond donors (Lipinski definition) is 2. The van der Waals surface area contributed by atoms with E-state index in [1.165, 1.54) is 25.9 Å². The number of carbonyl (C=O) groups excluding carboxylic acids is 1. The lowest BCUT2D eigenvalue weighted by atomic mass is 9.95. The molecule has 0 bridgehead atoms. The van der Waals surface area contributed by atoms with Gasteiger partial charge in [0, 0.05) is 39.3 Å². The Bertz CT molecular complexity index is 266. The molecule has 18 heavy (non-hydrogen) atoms. The lowest BCUT2D eigenvalue weighted by Crippen LogP contribution is -2.50. The molecule has 0 radical (unpaired) electrons. The number of amides is 2. The molecular formula is C13H26N4O. The maximum Gasteiger partial charge on any atom is 0.317 e. The zero-order valence-electron chi connectivity index (χ0n) is 11.5. The van der Waals surface area contributed by atoms with Crippen molar-refractivity contribution in [2.75, 3.05) is 52.9 Å². The molecule has 104 valence electrons. The number of nitrogens with zero attached hydrogens (tertiary/aromatic N) is 2. The summed E-state index contributed by atoms with van der Waals surface area (Å²) in [7, 11) is 2.19. The average Bonchev–Trinajstić information content (AvgIpc) is 2.40. The first-order valence-corrected chi connectivity index (χ1v) is 7.18. The van der Waals surface area contributed by atoms with Gasteiger partial charge in [0.25, 0.3) is 0 Å². The molecule has 2 heterocycles. The van der Waals surface area contributed by atoms with Crippen molar-refractivity contribution in [3.05, 3.63) is 0 Å². The summed E-state index contributed by atoms with van der Waals surface area (Å²) in [5.41, 5.74) is 0. The molecule has 2 N–H and O–H groups in total. The second kappa shape index (κ2) is 6.95. The third kappa shape index (κ3) is 4.14. The highest BCUT2D eigenvalue weighted by atomic mass is 16.2. The molecule has 0 aliphatic carbocycles. The van der Waals surface area contributed by atoms with Crippen LogP contribution in [-0.4, -0.2) is 68.7 Å². The molecule has 5 heteroatoms. The molecule has 0 aromatic rings. The lowest BCUT2D eigenvalue weighted by Gasteiger charge is -2.30. The van der Waals surface area contributed by atoms with E-state index in [-0.39, 0.29) is 6.03 Å². The molecule has 2 fully saturated rings. The highest BCUT2D eigenvalue weighted by molar-refractivity contribution is 5.74. The topological polar surface area (TPSA) is 47.6 Å². The Morgan fingerprint density at radius 1 is 1.33 bits per heavy atom. The summed E-state index contributed by atoms with van der Waals surface area (Å²) in [5, 5.41) is 6.31. The van der Waals surface area contributed by atoms with E-state index in [1.807, 2.05) is 4.90 Å². The van der Waals surface area contributed by atoms with Gasteiger partial charge < -0.3 is 20.4 Å². The Kier molecular flexibility index (Phi) is 5.26. The van der Waals surface area contributed by atoms with Gasteiger partial charge in [0.2, 0.25) is 0 Å². The van der Waals surface area contributed by atoms with Crippen LogP contribution in [0.3, 0.4) is 0 Å². The summed E-state index contributed by atoms with van der Waals surface area (Å²) in [4.78, 5) is 16.2. The van der Waals surface area contributed by atoms with E-state index in [0.29, 0.717) is 0 Å². The van der Waals surface area contributed by atoms with Gasteiger partial charge >= 0.3 is 6.03 Å². The standard InChI is InChI=1S/C13H26N4O/c1-16-8-2-3-12(11-16)4-5-15-13(18)17-9-6-14-7-10-17/h12,14H,2-11H2,1H3,(H,15,18). The van der Waals surface area contributed by atoms with Crippen molar-refractivity contribution in [1.29, 1.82) is 0 Å². The summed E-state index contributed by atoms with van der Waals surface area (Å²) in [6.45, 7) is 6.73. The van der Waals surface area contributed by atoms with Gasteiger partial charge in [-0.1, -0.05) is 0 Å². The fourth-order valence-electron chi connectivity index (χ4n) is 2.87. The zero-order chi connectivity index (χ0) is 12.8. The van der Waals surface area contributed by atoms with E-state index < -0.39 is 0 Å². The monoisotopic (exact) mass is 254 g/mol. The summed E-state index contributed by atoms with van der Waals surface area (Å²) in [5.74, 6) is 0.757. The van der Waals surface area contributed by atoms with Gasteiger partial charge in [0.05, 0.1) is 0 Å². The maximum absolute atomic E-state index is 11.9. The van der Waals surface area contributed by atoms with Gasteiger partial charge in [0.15, 0.2) is 0 Å². The minimum absolute atomic E-state index is 0.112. The van der Waals surface area contributed by atoms with Gasteiger partial charge in [0.1, 0.15) is 0 Å². The minimum atomic E-state index is 0.112. The third-order valence-electron chi connectivity index (χ3n) is 3.96. The molecule has 2 aliphatic heterocycles. The van der Waals surface area contributed by atoms with Crippen molar-refractivity contribution >= 4 is 6.03 Å². The van der Waals surface area contributed by atoms with Crippen molar-refractivity contribution in [1.82, 2.24) is 20.4 Å². The van der Waals surface area contributed by atoms with Gasteiger partial charge in [-0.3, -0.25) is 0 Å². The number of piperidine rings is 1. The first kappa shape index (κ1) is 13.6. The predicted molar refractivity (Wildman–Crippen MR) is 72.7 cm³/mol. The van der Waals surface area contributed by atoms with E-state index in [2.05, 4.69) is 22.6 Å². The second-order valence-corrected chi connectivity index (χ2v) is 5.53. The number of urea groups is 1. The van der Waals surface area contributed by atoms with Crippen LogP contribution in [0.2, 0.25) is 0 Å². The quantitative estimate of drug-likeness (QED) is 0.763. The molecule has 2 amide bonds. The molecule has 1 atom stereocenters.